The molecule has 0 aliphatic rings. The van der Waals surface area contributed by atoms with Gasteiger partial charge in [0.25, 0.3) is 0 Å². The number of halogens is 15. The molecule has 0 saturated carbocycles. The zero-order chi connectivity index (χ0) is 37.6. The van der Waals surface area contributed by atoms with Crippen LogP contribution in [0, 0.1) is 23.3 Å². The van der Waals surface area contributed by atoms with Gasteiger partial charge in [-0.2, -0.15) is 26.3 Å². The maximum absolute atomic E-state index is 14.8. The molecule has 4 aromatic rings. The first kappa shape index (κ1) is 38.2. The standard InChI is InChI=1S/C29H19F15N2O3S/c1-2-3-4-15-13-45-26(46-14-15)29(38,39)47-17-7-5-16(6-8-17)27(34,35)48-18-9-20(30)24(21(31)10-18)28(36,37)49-19-11-22(32)25(23(33)12-19)50(40,41,42,43)44/h5-14H,2-4H2,1H3. The van der Waals surface area contributed by atoms with Gasteiger partial charge in [-0.1, -0.05) is 32.8 Å². The van der Waals surface area contributed by atoms with E-state index in [4.69, 9.17) is 0 Å². The highest BCUT2D eigenvalue weighted by Crippen LogP contribution is 3.02. The zero-order valence-corrected chi connectivity index (χ0v) is 25.4. The number of benzene rings is 3. The maximum atomic E-state index is 14.8. The fraction of sp³-hybridized carbons (Fsp3) is 0.241. The van der Waals surface area contributed by atoms with Crippen LogP contribution in [0.4, 0.5) is 63.3 Å². The molecule has 0 aliphatic carbocycles. The molecule has 21 heteroatoms. The second-order valence-corrected chi connectivity index (χ2v) is 12.7. The van der Waals surface area contributed by atoms with Crippen molar-refractivity contribution in [3.05, 3.63) is 107 Å². The quantitative estimate of drug-likeness (QED) is 0.127. The fourth-order valence-corrected chi connectivity index (χ4v) is 5.04. The van der Waals surface area contributed by atoms with E-state index in [1.165, 1.54) is 0 Å². The lowest BCUT2D eigenvalue weighted by molar-refractivity contribution is -0.192. The number of alkyl halides is 6. The first-order chi connectivity index (χ1) is 22.7. The minimum Gasteiger partial charge on any atom is -0.429 e. The van der Waals surface area contributed by atoms with Crippen LogP contribution in [-0.2, 0) is 24.7 Å². The van der Waals surface area contributed by atoms with Crippen molar-refractivity contribution in [2.24, 2.45) is 0 Å². The van der Waals surface area contributed by atoms with Crippen LogP contribution in [0.2, 0.25) is 0 Å². The van der Waals surface area contributed by atoms with Crippen molar-refractivity contribution >= 4 is 10.2 Å². The average Bonchev–Trinajstić information content (AvgIpc) is 2.93. The number of rotatable bonds is 13. The van der Waals surface area contributed by atoms with Gasteiger partial charge in [0.2, 0.25) is 5.82 Å². The Labute approximate surface area is 271 Å². The highest BCUT2D eigenvalue weighted by atomic mass is 32.5. The van der Waals surface area contributed by atoms with E-state index >= 15 is 0 Å². The number of unbranched alkanes of at least 4 members (excludes halogenated alkanes) is 1. The normalized spacial score (nSPS) is 14.2. The van der Waals surface area contributed by atoms with Crippen molar-refractivity contribution in [2.45, 2.75) is 49.4 Å². The molecule has 0 unspecified atom stereocenters. The summed E-state index contributed by atoms with van der Waals surface area (Å²) in [7, 11) is -11.0. The molecule has 4 rings (SSSR count). The van der Waals surface area contributed by atoms with E-state index in [0.29, 0.717) is 36.2 Å². The number of ether oxygens (including phenoxy) is 3. The summed E-state index contributed by atoms with van der Waals surface area (Å²) >= 11 is 0. The van der Waals surface area contributed by atoms with Crippen molar-refractivity contribution in [1.82, 2.24) is 9.97 Å². The third-order valence-corrected chi connectivity index (χ3v) is 7.54. The summed E-state index contributed by atoms with van der Waals surface area (Å²) in [5.41, 5.74) is -2.96. The summed E-state index contributed by atoms with van der Waals surface area (Å²) in [5.74, 6) is -16.1. The van der Waals surface area contributed by atoms with Crippen LogP contribution in [0.3, 0.4) is 0 Å². The second-order valence-electron chi connectivity index (χ2n) is 10.3. The Balaban J connectivity index is 1.50. The van der Waals surface area contributed by atoms with Crippen LogP contribution in [-0.4, -0.2) is 9.97 Å². The van der Waals surface area contributed by atoms with Crippen molar-refractivity contribution in [3.63, 3.8) is 0 Å². The van der Waals surface area contributed by atoms with E-state index < -0.39 is 103 Å². The van der Waals surface area contributed by atoms with E-state index in [9.17, 15) is 63.3 Å². The molecule has 0 radical (unpaired) electrons. The highest BCUT2D eigenvalue weighted by molar-refractivity contribution is 8.45. The second kappa shape index (κ2) is 12.3. The van der Waals surface area contributed by atoms with Gasteiger partial charge < -0.3 is 14.2 Å². The molecule has 0 bridgehead atoms. The van der Waals surface area contributed by atoms with Gasteiger partial charge in [0.05, 0.1) is 5.56 Å². The molecule has 1 aromatic heterocycles. The minimum atomic E-state index is -11.0. The van der Waals surface area contributed by atoms with Crippen LogP contribution in [0.25, 0.3) is 0 Å². The van der Waals surface area contributed by atoms with Crippen LogP contribution >= 0.6 is 10.2 Å². The van der Waals surface area contributed by atoms with Crippen molar-refractivity contribution < 1.29 is 77.5 Å². The van der Waals surface area contributed by atoms with Gasteiger partial charge in [0, 0.05) is 36.7 Å². The predicted molar refractivity (Wildman–Crippen MR) is 145 cm³/mol. The lowest BCUT2D eigenvalue weighted by Gasteiger charge is -2.40. The molecular weight excluding hydrogens is 741 g/mol. The minimum absolute atomic E-state index is 0.229. The average molecular weight is 761 g/mol. The van der Waals surface area contributed by atoms with E-state index in [0.717, 1.165) is 25.2 Å². The van der Waals surface area contributed by atoms with Gasteiger partial charge in [0.15, 0.2) is 16.5 Å². The molecule has 0 fully saturated rings. The highest BCUT2D eigenvalue weighted by Gasteiger charge is 2.69. The topological polar surface area (TPSA) is 53.5 Å². The summed E-state index contributed by atoms with van der Waals surface area (Å²) < 4.78 is 221. The largest absolute Gasteiger partial charge is 0.462 e. The SMILES string of the molecule is CCCCc1cnc(C(F)(F)Oc2ccc(C(F)(F)Oc3cc(F)c(C(F)(F)Oc4cc(F)c(S(F)(F)(F)(F)F)c(F)c4)c(F)c3)cc2)nc1. The van der Waals surface area contributed by atoms with Gasteiger partial charge >= 0.3 is 28.5 Å². The summed E-state index contributed by atoms with van der Waals surface area (Å²) in [6, 6.07) is 0.305. The Kier molecular flexibility index (Phi) is 9.44. The number of nitrogens with zero attached hydrogens (tertiary/aromatic N) is 2. The van der Waals surface area contributed by atoms with E-state index in [1.54, 1.807) is 0 Å². The lowest BCUT2D eigenvalue weighted by Crippen LogP contribution is -2.26. The summed E-state index contributed by atoms with van der Waals surface area (Å²) in [4.78, 5) is 3.40. The Morgan fingerprint density at radius 3 is 1.50 bits per heavy atom. The smallest absolute Gasteiger partial charge is 0.429 e. The zero-order valence-electron chi connectivity index (χ0n) is 24.6. The molecular formula is C29H19F15N2O3S. The first-order valence-corrected chi connectivity index (χ1v) is 15.5. The monoisotopic (exact) mass is 760 g/mol. The van der Waals surface area contributed by atoms with Crippen LogP contribution in [0.15, 0.2) is 65.8 Å². The third-order valence-electron chi connectivity index (χ3n) is 6.38. The Morgan fingerprint density at radius 2 is 1.04 bits per heavy atom. The van der Waals surface area contributed by atoms with Gasteiger partial charge in [-0.25, -0.2) is 27.5 Å². The van der Waals surface area contributed by atoms with Gasteiger partial charge in [-0.15, -0.1) is 0 Å². The lowest BCUT2D eigenvalue weighted by atomic mass is 10.1. The van der Waals surface area contributed by atoms with E-state index in [1.807, 2.05) is 6.92 Å². The Morgan fingerprint density at radius 1 is 0.600 bits per heavy atom. The molecule has 0 amide bonds. The van der Waals surface area contributed by atoms with Crippen molar-refractivity contribution in [1.29, 1.82) is 0 Å². The van der Waals surface area contributed by atoms with Crippen LogP contribution in [0.5, 0.6) is 17.2 Å². The van der Waals surface area contributed by atoms with Crippen LogP contribution in [0.1, 0.15) is 42.3 Å². The summed E-state index contributed by atoms with van der Waals surface area (Å²) in [6.07, 6.45) is -9.52. The number of aromatic nitrogens is 2. The third kappa shape index (κ3) is 8.77. The molecule has 0 aliphatic heterocycles. The predicted octanol–water partition coefficient (Wildman–Crippen LogP) is 11.4. The molecule has 274 valence electrons. The fourth-order valence-electron chi connectivity index (χ4n) is 4.18. The number of hydrogen-bond donors (Lipinski definition) is 0. The molecule has 3 aromatic carbocycles. The van der Waals surface area contributed by atoms with Crippen molar-refractivity contribution in [3.8, 4) is 17.2 Å². The van der Waals surface area contributed by atoms with E-state index in [-0.39, 0.29) is 12.1 Å². The van der Waals surface area contributed by atoms with Crippen molar-refractivity contribution in [2.75, 3.05) is 0 Å². The maximum Gasteiger partial charge on any atom is 0.462 e. The summed E-state index contributed by atoms with van der Waals surface area (Å²) in [6.45, 7) is 1.91. The number of hydrogen-bond acceptors (Lipinski definition) is 5. The molecule has 0 atom stereocenters. The number of aryl methyl sites for hydroxylation is 1. The Bertz CT molecular complexity index is 1830. The summed E-state index contributed by atoms with van der Waals surface area (Å²) in [5, 5.41) is 0. The molecule has 0 N–H and O–H groups in total. The molecule has 1 heterocycles. The van der Waals surface area contributed by atoms with Gasteiger partial charge in [-0.05, 0) is 42.7 Å². The Hall–Kier alpha value is -4.56. The van der Waals surface area contributed by atoms with Gasteiger partial charge in [-0.3, -0.25) is 0 Å². The molecule has 0 saturated heterocycles. The van der Waals surface area contributed by atoms with Crippen LogP contribution < -0.4 is 14.2 Å². The molecule has 50 heavy (non-hydrogen) atoms. The first-order valence-electron chi connectivity index (χ1n) is 13.6. The molecule has 5 nitrogen and oxygen atoms in total. The molecule has 0 spiro atoms. The van der Waals surface area contributed by atoms with E-state index in [2.05, 4.69) is 24.2 Å². The van der Waals surface area contributed by atoms with Gasteiger partial charge in [0.1, 0.15) is 34.4 Å².